The summed E-state index contributed by atoms with van der Waals surface area (Å²) in [6.07, 6.45) is 4.20. The number of alkyl halides is 1. The topological polar surface area (TPSA) is 46.2 Å². The van der Waals surface area contributed by atoms with Gasteiger partial charge in [-0.05, 0) is 37.0 Å². The largest absolute Gasteiger partial charge is 0.240 e. The van der Waals surface area contributed by atoms with E-state index in [0.717, 1.165) is 37.8 Å². The molecule has 0 heterocycles. The third kappa shape index (κ3) is 3.77. The maximum absolute atomic E-state index is 13.1. The van der Waals surface area contributed by atoms with Gasteiger partial charge in [-0.15, -0.1) is 0 Å². The van der Waals surface area contributed by atoms with Crippen LogP contribution in [0.15, 0.2) is 23.1 Å². The Kier molecular flexibility index (Phi) is 5.14. The molecule has 0 radical (unpaired) electrons. The molecule has 0 amide bonds. The molecule has 1 aliphatic carbocycles. The summed E-state index contributed by atoms with van der Waals surface area (Å²) in [5.41, 5.74) is 0. The fraction of sp³-hybridized carbons (Fsp3) is 0.538. The number of hydrogen-bond donors (Lipinski definition) is 1. The van der Waals surface area contributed by atoms with Crippen molar-refractivity contribution in [2.45, 2.75) is 35.4 Å². The van der Waals surface area contributed by atoms with Crippen LogP contribution in [0.2, 0.25) is 0 Å². The fourth-order valence-electron chi connectivity index (χ4n) is 2.34. The second kappa shape index (κ2) is 6.49. The molecule has 2 unspecified atom stereocenters. The normalized spacial score (nSPS) is 23.8. The van der Waals surface area contributed by atoms with Gasteiger partial charge in [0.15, 0.2) is 11.6 Å². The lowest BCUT2D eigenvalue weighted by Crippen LogP contribution is -2.34. The average molecular weight is 368 g/mol. The van der Waals surface area contributed by atoms with Gasteiger partial charge in [0, 0.05) is 11.4 Å². The number of nitrogens with one attached hydrogen (secondary N) is 1. The van der Waals surface area contributed by atoms with Gasteiger partial charge in [0.05, 0.1) is 4.90 Å². The second-order valence-corrected chi connectivity index (χ2v) is 7.93. The summed E-state index contributed by atoms with van der Waals surface area (Å²) < 4.78 is 52.4. The maximum Gasteiger partial charge on any atom is 0.240 e. The van der Waals surface area contributed by atoms with Crippen molar-refractivity contribution >= 4 is 26.0 Å². The van der Waals surface area contributed by atoms with Gasteiger partial charge in [-0.2, -0.15) is 0 Å². The molecule has 7 heteroatoms. The first-order valence-corrected chi connectivity index (χ1v) is 8.89. The molecule has 0 aliphatic heterocycles. The molecule has 1 aromatic rings. The van der Waals surface area contributed by atoms with E-state index in [1.54, 1.807) is 0 Å². The van der Waals surface area contributed by atoms with Crippen molar-refractivity contribution in [1.82, 2.24) is 4.72 Å². The molecule has 0 bridgehead atoms. The molecule has 1 fully saturated rings. The first kappa shape index (κ1) is 15.9. The minimum absolute atomic E-state index is 0.226. The van der Waals surface area contributed by atoms with E-state index in [4.69, 9.17) is 0 Å². The lowest BCUT2D eigenvalue weighted by Gasteiger charge is -2.27. The molecule has 112 valence electrons. The van der Waals surface area contributed by atoms with Crippen molar-refractivity contribution in [1.29, 1.82) is 0 Å². The average Bonchev–Trinajstić information content (AvgIpc) is 2.41. The van der Waals surface area contributed by atoms with Crippen LogP contribution in [0, 0.1) is 17.6 Å². The predicted octanol–water partition coefficient (Wildman–Crippen LogP) is 3.20. The van der Waals surface area contributed by atoms with Crippen LogP contribution in [0.4, 0.5) is 8.78 Å². The van der Waals surface area contributed by atoms with Crippen molar-refractivity contribution < 1.29 is 17.2 Å². The standard InChI is InChI=1S/C13H16BrF2NO2S/c14-11-4-2-1-3-9(11)8-17-20(18,19)10-5-6-12(15)13(16)7-10/h5-7,9,11,17H,1-4,8H2. The zero-order valence-electron chi connectivity index (χ0n) is 10.8. The van der Waals surface area contributed by atoms with E-state index in [2.05, 4.69) is 20.7 Å². The monoisotopic (exact) mass is 367 g/mol. The molecular formula is C13H16BrF2NO2S. The van der Waals surface area contributed by atoms with E-state index >= 15 is 0 Å². The number of rotatable bonds is 4. The molecular weight excluding hydrogens is 352 g/mol. The molecule has 1 N–H and O–H groups in total. The summed E-state index contributed by atoms with van der Waals surface area (Å²) in [6, 6.07) is 2.58. The SMILES string of the molecule is O=S(=O)(NCC1CCCCC1Br)c1ccc(F)c(F)c1. The third-order valence-electron chi connectivity index (χ3n) is 3.55. The zero-order chi connectivity index (χ0) is 14.8. The summed E-state index contributed by atoms with van der Waals surface area (Å²) in [6.45, 7) is 0.303. The second-order valence-electron chi connectivity index (χ2n) is 4.99. The first-order chi connectivity index (χ1) is 9.40. The Labute approximate surface area is 125 Å². The van der Waals surface area contributed by atoms with E-state index in [-0.39, 0.29) is 10.8 Å². The first-order valence-electron chi connectivity index (χ1n) is 6.49. The number of sulfonamides is 1. The quantitative estimate of drug-likeness (QED) is 0.830. The minimum Gasteiger partial charge on any atom is -0.211 e. The Morgan fingerprint density at radius 1 is 1.20 bits per heavy atom. The number of halogens is 3. The molecule has 0 spiro atoms. The summed E-state index contributed by atoms with van der Waals surface area (Å²) in [5.74, 6) is -2.00. The highest BCUT2D eigenvalue weighted by molar-refractivity contribution is 9.09. The molecule has 1 saturated carbocycles. The molecule has 20 heavy (non-hydrogen) atoms. The Morgan fingerprint density at radius 3 is 2.55 bits per heavy atom. The van der Waals surface area contributed by atoms with E-state index in [9.17, 15) is 17.2 Å². The third-order valence-corrected chi connectivity index (χ3v) is 6.18. The molecule has 1 aromatic carbocycles. The Morgan fingerprint density at radius 2 is 1.90 bits per heavy atom. The van der Waals surface area contributed by atoms with Gasteiger partial charge in [0.25, 0.3) is 0 Å². The van der Waals surface area contributed by atoms with Crippen molar-refractivity contribution in [2.24, 2.45) is 5.92 Å². The highest BCUT2D eigenvalue weighted by atomic mass is 79.9. The number of hydrogen-bond acceptors (Lipinski definition) is 2. The Balaban J connectivity index is 2.05. The van der Waals surface area contributed by atoms with Crippen LogP contribution in [0.5, 0.6) is 0 Å². The zero-order valence-corrected chi connectivity index (χ0v) is 13.2. The Bertz CT molecular complexity index is 580. The molecule has 0 saturated heterocycles. The highest BCUT2D eigenvalue weighted by Crippen LogP contribution is 2.29. The highest BCUT2D eigenvalue weighted by Gasteiger charge is 2.25. The molecule has 0 aromatic heterocycles. The fourth-order valence-corrected chi connectivity index (χ4v) is 4.22. The van der Waals surface area contributed by atoms with Crippen molar-refractivity contribution in [2.75, 3.05) is 6.54 Å². The summed E-state index contributed by atoms with van der Waals surface area (Å²) in [7, 11) is -3.80. The van der Waals surface area contributed by atoms with Gasteiger partial charge in [-0.1, -0.05) is 28.8 Å². The predicted molar refractivity (Wildman–Crippen MR) is 76.2 cm³/mol. The lowest BCUT2D eigenvalue weighted by molar-refractivity contribution is 0.373. The van der Waals surface area contributed by atoms with Gasteiger partial charge in [-0.25, -0.2) is 21.9 Å². The number of benzene rings is 1. The van der Waals surface area contributed by atoms with Crippen molar-refractivity contribution in [3.63, 3.8) is 0 Å². The van der Waals surface area contributed by atoms with Crippen LogP contribution < -0.4 is 4.72 Å². The Hall–Kier alpha value is -0.530. The van der Waals surface area contributed by atoms with Gasteiger partial charge in [-0.3, -0.25) is 0 Å². The van der Waals surface area contributed by atoms with Gasteiger partial charge in [0.2, 0.25) is 10.0 Å². The van der Waals surface area contributed by atoms with Crippen LogP contribution in [0.25, 0.3) is 0 Å². The maximum atomic E-state index is 13.1. The van der Waals surface area contributed by atoms with Crippen molar-refractivity contribution in [3.05, 3.63) is 29.8 Å². The lowest BCUT2D eigenvalue weighted by atomic mass is 9.89. The smallest absolute Gasteiger partial charge is 0.211 e. The summed E-state index contributed by atoms with van der Waals surface area (Å²) in [5, 5.41) is 0. The van der Waals surface area contributed by atoms with Gasteiger partial charge >= 0.3 is 0 Å². The molecule has 3 nitrogen and oxygen atoms in total. The van der Waals surface area contributed by atoms with Crippen LogP contribution in [0.1, 0.15) is 25.7 Å². The van der Waals surface area contributed by atoms with E-state index in [0.29, 0.717) is 17.4 Å². The minimum atomic E-state index is -3.80. The van der Waals surface area contributed by atoms with Crippen molar-refractivity contribution in [3.8, 4) is 0 Å². The van der Waals surface area contributed by atoms with Crippen LogP contribution in [-0.2, 0) is 10.0 Å². The van der Waals surface area contributed by atoms with E-state index in [1.807, 2.05) is 0 Å². The summed E-state index contributed by atoms with van der Waals surface area (Å²) in [4.78, 5) is 0.0437. The van der Waals surface area contributed by atoms with Gasteiger partial charge in [0.1, 0.15) is 0 Å². The summed E-state index contributed by atoms with van der Waals surface area (Å²) >= 11 is 3.56. The van der Waals surface area contributed by atoms with Crippen LogP contribution in [-0.4, -0.2) is 19.8 Å². The van der Waals surface area contributed by atoms with Crippen LogP contribution >= 0.6 is 15.9 Å². The van der Waals surface area contributed by atoms with Gasteiger partial charge < -0.3 is 0 Å². The molecule has 2 atom stereocenters. The van der Waals surface area contributed by atoms with Crippen LogP contribution in [0.3, 0.4) is 0 Å². The molecule has 2 rings (SSSR count). The van der Waals surface area contributed by atoms with E-state index in [1.165, 1.54) is 0 Å². The molecule has 1 aliphatic rings. The van der Waals surface area contributed by atoms with E-state index < -0.39 is 21.7 Å².